The van der Waals surface area contributed by atoms with Crippen molar-refractivity contribution in [3.63, 3.8) is 0 Å². The van der Waals surface area contributed by atoms with Gasteiger partial charge in [0.25, 0.3) is 0 Å². The van der Waals surface area contributed by atoms with E-state index in [0.29, 0.717) is 12.5 Å². The van der Waals surface area contributed by atoms with Crippen molar-refractivity contribution < 1.29 is 13.9 Å². The molecule has 1 aliphatic rings. The van der Waals surface area contributed by atoms with Crippen molar-refractivity contribution >= 4 is 5.91 Å². The maximum atomic E-state index is 13.4. The molecule has 0 bridgehead atoms. The Kier molecular flexibility index (Phi) is 6.03. The van der Waals surface area contributed by atoms with Crippen LogP contribution in [0.5, 0.6) is 5.75 Å². The summed E-state index contributed by atoms with van der Waals surface area (Å²) in [5, 5.41) is 0. The molecule has 21 heavy (non-hydrogen) atoms. The van der Waals surface area contributed by atoms with Gasteiger partial charge in [0.15, 0.2) is 11.6 Å². The van der Waals surface area contributed by atoms with E-state index < -0.39 is 0 Å². The number of nitrogens with zero attached hydrogens (tertiary/aromatic N) is 1. The number of rotatable bonds is 5. The quantitative estimate of drug-likeness (QED) is 0.773. The molecule has 0 atom stereocenters. The lowest BCUT2D eigenvalue weighted by molar-refractivity contribution is -0.132. The van der Waals surface area contributed by atoms with Gasteiger partial charge >= 0.3 is 0 Å². The van der Waals surface area contributed by atoms with Gasteiger partial charge in [-0.15, -0.1) is 0 Å². The van der Waals surface area contributed by atoms with Crippen LogP contribution in [0.4, 0.5) is 4.39 Å². The Morgan fingerprint density at radius 1 is 1.24 bits per heavy atom. The van der Waals surface area contributed by atoms with E-state index in [1.165, 1.54) is 31.7 Å². The maximum Gasteiger partial charge on any atom is 0.225 e. The number of carbonyl (C=O) groups is 1. The molecular weight excluding hydrogens is 269 g/mol. The number of benzene rings is 1. The molecule has 116 valence electrons. The van der Waals surface area contributed by atoms with Gasteiger partial charge in [-0.3, -0.25) is 4.79 Å². The van der Waals surface area contributed by atoms with Crippen molar-refractivity contribution in [2.45, 2.75) is 51.0 Å². The van der Waals surface area contributed by atoms with Crippen LogP contribution in [0, 0.1) is 5.82 Å². The molecular formula is C17H24FNO2. The topological polar surface area (TPSA) is 29.5 Å². The fourth-order valence-corrected chi connectivity index (χ4v) is 2.84. The number of hydrogen-bond acceptors (Lipinski definition) is 2. The van der Waals surface area contributed by atoms with E-state index in [1.807, 2.05) is 11.9 Å². The molecule has 1 aromatic rings. The standard InChI is InChI=1S/C17H24FNO2/c1-19(14-8-4-2-3-5-9-14)17(20)12-13-21-16-11-7-6-10-15(16)18/h6-7,10-11,14H,2-5,8-9,12-13H2,1H3. The van der Waals surface area contributed by atoms with E-state index in [1.54, 1.807) is 18.2 Å². The molecule has 2 rings (SSSR count). The highest BCUT2D eigenvalue weighted by atomic mass is 19.1. The first-order chi connectivity index (χ1) is 10.2. The second-order valence-corrected chi connectivity index (χ2v) is 5.68. The zero-order valence-corrected chi connectivity index (χ0v) is 12.7. The number of hydrogen-bond donors (Lipinski definition) is 0. The highest BCUT2D eigenvalue weighted by Gasteiger charge is 2.20. The van der Waals surface area contributed by atoms with Crippen molar-refractivity contribution in [1.82, 2.24) is 4.90 Å². The predicted octanol–water partition coefficient (Wildman–Crippen LogP) is 3.78. The minimum absolute atomic E-state index is 0.0817. The Morgan fingerprint density at radius 3 is 2.57 bits per heavy atom. The summed E-state index contributed by atoms with van der Waals surface area (Å²) in [6.45, 7) is 0.219. The van der Waals surface area contributed by atoms with Gasteiger partial charge in [0.2, 0.25) is 5.91 Å². The highest BCUT2D eigenvalue weighted by Crippen LogP contribution is 2.21. The normalized spacial score (nSPS) is 16.3. The Hall–Kier alpha value is -1.58. The van der Waals surface area contributed by atoms with E-state index in [0.717, 1.165) is 12.8 Å². The third kappa shape index (κ3) is 4.73. The van der Waals surface area contributed by atoms with E-state index in [4.69, 9.17) is 4.74 Å². The summed E-state index contributed by atoms with van der Waals surface area (Å²) in [6, 6.07) is 6.63. The Labute approximate surface area is 126 Å². The first kappa shape index (κ1) is 15.8. The minimum atomic E-state index is -0.387. The summed E-state index contributed by atoms with van der Waals surface area (Å²) in [5.41, 5.74) is 0. The van der Waals surface area contributed by atoms with Crippen molar-refractivity contribution in [1.29, 1.82) is 0 Å². The summed E-state index contributed by atoms with van der Waals surface area (Å²) in [6.07, 6.45) is 7.43. The molecule has 0 spiro atoms. The van der Waals surface area contributed by atoms with Gasteiger partial charge in [0.05, 0.1) is 13.0 Å². The summed E-state index contributed by atoms with van der Waals surface area (Å²) < 4.78 is 18.7. The van der Waals surface area contributed by atoms with Gasteiger partial charge in [0.1, 0.15) is 0 Å². The van der Waals surface area contributed by atoms with E-state index in [-0.39, 0.29) is 24.1 Å². The van der Waals surface area contributed by atoms with Gasteiger partial charge in [0, 0.05) is 13.1 Å². The maximum absolute atomic E-state index is 13.4. The fraction of sp³-hybridized carbons (Fsp3) is 0.588. The third-order valence-electron chi connectivity index (χ3n) is 4.18. The van der Waals surface area contributed by atoms with E-state index in [2.05, 4.69) is 0 Å². The molecule has 1 fully saturated rings. The second kappa shape index (κ2) is 8.01. The SMILES string of the molecule is CN(C(=O)CCOc1ccccc1F)C1CCCCCC1. The van der Waals surface area contributed by atoms with Crippen LogP contribution in [0.15, 0.2) is 24.3 Å². The molecule has 0 heterocycles. The lowest BCUT2D eigenvalue weighted by Crippen LogP contribution is -2.37. The Bertz CT molecular complexity index is 456. The van der Waals surface area contributed by atoms with Gasteiger partial charge in [-0.25, -0.2) is 4.39 Å². The molecule has 0 radical (unpaired) electrons. The lowest BCUT2D eigenvalue weighted by Gasteiger charge is -2.27. The number of para-hydroxylation sites is 1. The first-order valence-electron chi connectivity index (χ1n) is 7.81. The van der Waals surface area contributed by atoms with Crippen LogP contribution in [0.25, 0.3) is 0 Å². The average molecular weight is 293 g/mol. The zero-order chi connectivity index (χ0) is 15.1. The van der Waals surface area contributed by atoms with Crippen molar-refractivity contribution in [3.8, 4) is 5.75 Å². The molecule has 0 saturated heterocycles. The molecule has 0 aliphatic heterocycles. The smallest absolute Gasteiger partial charge is 0.225 e. The summed E-state index contributed by atoms with van der Waals surface area (Å²) >= 11 is 0. The van der Waals surface area contributed by atoms with Crippen LogP contribution in [0.3, 0.4) is 0 Å². The van der Waals surface area contributed by atoms with E-state index in [9.17, 15) is 9.18 Å². The van der Waals surface area contributed by atoms with Crippen LogP contribution in [-0.2, 0) is 4.79 Å². The van der Waals surface area contributed by atoms with E-state index >= 15 is 0 Å². The molecule has 1 saturated carbocycles. The third-order valence-corrected chi connectivity index (χ3v) is 4.18. The molecule has 4 heteroatoms. The molecule has 1 amide bonds. The van der Waals surface area contributed by atoms with Crippen LogP contribution < -0.4 is 4.74 Å². The summed E-state index contributed by atoms with van der Waals surface area (Å²) in [4.78, 5) is 14.0. The van der Waals surface area contributed by atoms with Gasteiger partial charge in [-0.1, -0.05) is 37.8 Å². The fourth-order valence-electron chi connectivity index (χ4n) is 2.84. The largest absolute Gasteiger partial charge is 0.490 e. The lowest BCUT2D eigenvalue weighted by atomic mass is 10.1. The van der Waals surface area contributed by atoms with Gasteiger partial charge < -0.3 is 9.64 Å². The average Bonchev–Trinajstić information content (AvgIpc) is 2.77. The molecule has 0 N–H and O–H groups in total. The van der Waals surface area contributed by atoms with Crippen molar-refractivity contribution in [2.24, 2.45) is 0 Å². The molecule has 1 aromatic carbocycles. The van der Waals surface area contributed by atoms with Gasteiger partial charge in [-0.05, 0) is 25.0 Å². The number of amides is 1. The number of ether oxygens (including phenoxy) is 1. The number of carbonyl (C=O) groups excluding carboxylic acids is 1. The summed E-state index contributed by atoms with van der Waals surface area (Å²) in [5.74, 6) is -0.0947. The monoisotopic (exact) mass is 293 g/mol. The summed E-state index contributed by atoms with van der Waals surface area (Å²) in [7, 11) is 1.88. The van der Waals surface area contributed by atoms with Crippen molar-refractivity contribution in [2.75, 3.05) is 13.7 Å². The highest BCUT2D eigenvalue weighted by molar-refractivity contribution is 5.76. The van der Waals surface area contributed by atoms with Gasteiger partial charge in [-0.2, -0.15) is 0 Å². The van der Waals surface area contributed by atoms with Crippen LogP contribution in [0.2, 0.25) is 0 Å². The number of halogens is 1. The second-order valence-electron chi connectivity index (χ2n) is 5.68. The molecule has 0 unspecified atom stereocenters. The van der Waals surface area contributed by atoms with Crippen LogP contribution in [0.1, 0.15) is 44.9 Å². The molecule has 0 aromatic heterocycles. The molecule has 3 nitrogen and oxygen atoms in total. The Morgan fingerprint density at radius 2 is 1.90 bits per heavy atom. The van der Waals surface area contributed by atoms with Crippen LogP contribution >= 0.6 is 0 Å². The zero-order valence-electron chi connectivity index (χ0n) is 12.7. The first-order valence-corrected chi connectivity index (χ1v) is 7.81. The van der Waals surface area contributed by atoms with Crippen LogP contribution in [-0.4, -0.2) is 30.5 Å². The Balaban J connectivity index is 1.77. The minimum Gasteiger partial charge on any atom is -0.490 e. The predicted molar refractivity (Wildman–Crippen MR) is 80.8 cm³/mol. The van der Waals surface area contributed by atoms with Crippen molar-refractivity contribution in [3.05, 3.63) is 30.1 Å². The molecule has 1 aliphatic carbocycles.